The quantitative estimate of drug-likeness (QED) is 0.118. The second-order valence-electron chi connectivity index (χ2n) is 14.4. The number of ether oxygens (including phenoxy) is 4. The predicted molar refractivity (Wildman–Crippen MR) is 182 cm³/mol. The Hall–Kier alpha value is -0.494. The minimum atomic E-state index is -2.39. The summed E-state index contributed by atoms with van der Waals surface area (Å²) >= 11 is -2.39. The summed E-state index contributed by atoms with van der Waals surface area (Å²) in [5.41, 5.74) is 2.43. The number of nitrogens with zero attached hydrogens (tertiary/aromatic N) is 1. The summed E-state index contributed by atoms with van der Waals surface area (Å²) in [6.07, 6.45) is 11.7. The number of methoxy groups -OCH3 is 3. The Labute approximate surface area is 268 Å². The summed E-state index contributed by atoms with van der Waals surface area (Å²) in [4.78, 5) is 11.9. The van der Waals surface area contributed by atoms with Crippen LogP contribution in [-0.2, 0) is 29.8 Å². The second kappa shape index (κ2) is 16.9. The van der Waals surface area contributed by atoms with E-state index >= 15 is 0 Å². The van der Waals surface area contributed by atoms with Crippen molar-refractivity contribution in [3.8, 4) is 0 Å². The standard InChI is InChI=1S/C31H54NO6Si.3CH3.Sn/c1-12-13-26(33-9)15-14-25(8)18-29(38-39(22(2)3,23(4)5)24(6)7)28-19-27(34-10)20-31(35-11,37-28)21-30-32-16-17-36-30;;;;/h14-15,17-18,22-24,26-29H,12-13,19-21H2,1-11H3;3*1H3;/b15-14+,25-18+;;;;/t26-,27-,28-,29-,31+;;;;/m1..../s1. The second-order valence-corrected chi connectivity index (χ2v) is 34.1. The molecule has 0 aliphatic carbocycles. The molecule has 0 spiro atoms. The van der Waals surface area contributed by atoms with Crippen LogP contribution in [0.4, 0.5) is 0 Å². The third-order valence-corrected chi connectivity index (χ3v) is 20.3. The molecule has 1 aliphatic heterocycles. The van der Waals surface area contributed by atoms with E-state index in [-0.39, 0.29) is 24.4 Å². The van der Waals surface area contributed by atoms with Gasteiger partial charge in [0.25, 0.3) is 0 Å². The molecule has 1 fully saturated rings. The monoisotopic (exact) mass is 729 g/mol. The maximum atomic E-state index is 7.47. The molecule has 1 aromatic heterocycles. The van der Waals surface area contributed by atoms with Crippen LogP contribution in [0, 0.1) is 0 Å². The van der Waals surface area contributed by atoms with Crippen molar-refractivity contribution >= 4 is 30.4 Å². The van der Waals surface area contributed by atoms with Gasteiger partial charge in [-0.1, -0.05) is 13.3 Å². The molecule has 0 aromatic carbocycles. The van der Waals surface area contributed by atoms with Gasteiger partial charge in [-0.15, -0.1) is 0 Å². The van der Waals surface area contributed by atoms with Gasteiger partial charge < -0.3 is 4.74 Å². The van der Waals surface area contributed by atoms with E-state index in [0.717, 1.165) is 22.1 Å². The van der Waals surface area contributed by atoms with Gasteiger partial charge in [-0.3, -0.25) is 0 Å². The summed E-state index contributed by atoms with van der Waals surface area (Å²) < 4.78 is 39.5. The van der Waals surface area contributed by atoms with E-state index in [2.05, 4.69) is 88.4 Å². The van der Waals surface area contributed by atoms with Crippen LogP contribution in [0.1, 0.15) is 87.0 Å². The molecule has 248 valence electrons. The van der Waals surface area contributed by atoms with Gasteiger partial charge in [-0.2, -0.15) is 0 Å². The Morgan fingerprint density at radius 2 is 1.72 bits per heavy atom. The van der Waals surface area contributed by atoms with Crippen molar-refractivity contribution in [3.05, 3.63) is 36.0 Å². The summed E-state index contributed by atoms with van der Waals surface area (Å²) in [5, 5.41) is 0. The molecule has 0 N–H and O–H groups in total. The molecule has 1 saturated heterocycles. The van der Waals surface area contributed by atoms with Crippen LogP contribution in [0.15, 0.2) is 34.5 Å². The average molecular weight is 729 g/mol. The Bertz CT molecular complexity index is 1010. The third kappa shape index (κ3) is 10.2. The van der Waals surface area contributed by atoms with Crippen molar-refractivity contribution in [1.82, 2.24) is 4.98 Å². The molecule has 2 rings (SSSR count). The normalized spacial score (nSPS) is 24.1. The Kier molecular flexibility index (Phi) is 15.2. The van der Waals surface area contributed by atoms with Gasteiger partial charge in [0.05, 0.1) is 6.10 Å². The number of oxazole rings is 1. The van der Waals surface area contributed by atoms with E-state index < -0.39 is 32.5 Å². The first-order valence-electron chi connectivity index (χ1n) is 16.3. The van der Waals surface area contributed by atoms with Gasteiger partial charge in [0.15, 0.2) is 0 Å². The molecule has 0 bridgehead atoms. The third-order valence-electron chi connectivity index (χ3n) is 9.14. The van der Waals surface area contributed by atoms with Gasteiger partial charge in [-0.05, 0) is 6.42 Å². The molecule has 0 saturated carbocycles. The van der Waals surface area contributed by atoms with Crippen molar-refractivity contribution in [2.45, 2.75) is 149 Å². The van der Waals surface area contributed by atoms with Gasteiger partial charge in [0, 0.05) is 7.11 Å². The zero-order chi connectivity index (χ0) is 32.6. The summed E-state index contributed by atoms with van der Waals surface area (Å²) in [5.74, 6) is -0.277. The van der Waals surface area contributed by atoms with Crippen molar-refractivity contribution in [2.24, 2.45) is 0 Å². The zero-order valence-electron chi connectivity index (χ0n) is 29.8. The van der Waals surface area contributed by atoms with Gasteiger partial charge in [0.1, 0.15) is 0 Å². The van der Waals surface area contributed by atoms with Crippen LogP contribution in [0.3, 0.4) is 0 Å². The molecule has 0 radical (unpaired) electrons. The van der Waals surface area contributed by atoms with Crippen LogP contribution in [-0.4, -0.2) is 83.2 Å². The fourth-order valence-corrected chi connectivity index (χ4v) is 14.7. The topological polar surface area (TPSA) is 72.2 Å². The first kappa shape index (κ1) is 38.7. The van der Waals surface area contributed by atoms with E-state index in [1.165, 1.54) is 0 Å². The molecule has 1 aliphatic rings. The van der Waals surface area contributed by atoms with Crippen LogP contribution < -0.4 is 3.71 Å². The smallest absolute Gasteiger partial charge is 0.0363 e. The molecule has 0 amide bonds. The zero-order valence-corrected chi connectivity index (χ0v) is 33.6. The average Bonchev–Trinajstić information content (AvgIpc) is 3.41. The molecular formula is C34H63NO6SiSn. The van der Waals surface area contributed by atoms with E-state index in [9.17, 15) is 0 Å². The van der Waals surface area contributed by atoms with E-state index in [0.29, 0.717) is 41.8 Å². The number of hydrogen-bond acceptors (Lipinski definition) is 7. The molecule has 1 aromatic rings. The molecule has 0 unspecified atom stereocenters. The SMILES string of the molecule is CCC[C@H](/C=C/C(C)=C/[C@@H](O[Si](C(C)C)(C(C)C)C(C)C)[C@H]1C[C@@H](OC)C[C@](Cc2n[c]([Sn]([CH3])([CH3])[CH3])co2)(OC)O1)OC. The Morgan fingerprint density at radius 3 is 2.19 bits per heavy atom. The molecule has 5 atom stereocenters. The molecular weight excluding hydrogens is 665 g/mol. The van der Waals surface area contributed by atoms with Crippen LogP contribution >= 0.6 is 0 Å². The number of allylic oxidation sites excluding steroid dienone is 2. The molecule has 9 heteroatoms. The van der Waals surface area contributed by atoms with E-state index in [4.69, 9.17) is 32.8 Å². The van der Waals surface area contributed by atoms with Crippen LogP contribution in [0.5, 0.6) is 0 Å². The minimum absolute atomic E-state index is 0.0547. The summed E-state index contributed by atoms with van der Waals surface area (Å²) in [6.45, 7) is 18.3. The Morgan fingerprint density at radius 1 is 1.09 bits per heavy atom. The van der Waals surface area contributed by atoms with Gasteiger partial charge in [0.2, 0.25) is 0 Å². The Balaban J connectivity index is 2.58. The number of aromatic nitrogens is 1. The molecule has 2 heterocycles. The van der Waals surface area contributed by atoms with E-state index in [1.54, 1.807) is 21.3 Å². The van der Waals surface area contributed by atoms with Crippen LogP contribution in [0.25, 0.3) is 0 Å². The first-order chi connectivity index (χ1) is 20.1. The first-order valence-corrected chi connectivity index (χ1v) is 28.5. The van der Waals surface area contributed by atoms with Crippen molar-refractivity contribution in [2.75, 3.05) is 21.3 Å². The maximum Gasteiger partial charge on any atom is 0.0363 e. The summed E-state index contributed by atoms with van der Waals surface area (Å²) in [7, 11) is 3.00. The van der Waals surface area contributed by atoms with Crippen molar-refractivity contribution < 1.29 is 27.8 Å². The van der Waals surface area contributed by atoms with Crippen molar-refractivity contribution in [1.29, 1.82) is 0 Å². The van der Waals surface area contributed by atoms with Crippen LogP contribution in [0.2, 0.25) is 31.4 Å². The van der Waals surface area contributed by atoms with Gasteiger partial charge >= 0.3 is 232 Å². The molecule has 7 nitrogen and oxygen atoms in total. The fraction of sp³-hybridized carbons (Fsp3) is 0.794. The number of hydrogen-bond donors (Lipinski definition) is 0. The maximum absolute atomic E-state index is 7.47. The number of rotatable bonds is 17. The predicted octanol–water partition coefficient (Wildman–Crippen LogP) is 8.18. The van der Waals surface area contributed by atoms with E-state index in [1.807, 2.05) is 6.26 Å². The molecule has 43 heavy (non-hydrogen) atoms. The van der Waals surface area contributed by atoms with Crippen molar-refractivity contribution in [3.63, 3.8) is 0 Å². The fourth-order valence-electron chi connectivity index (χ4n) is 6.74. The largest absolute Gasteiger partial charge is 0.377 e. The minimum Gasteiger partial charge on any atom is -0.377 e. The summed E-state index contributed by atoms with van der Waals surface area (Å²) in [6, 6.07) is 0. The van der Waals surface area contributed by atoms with Gasteiger partial charge in [-0.25, -0.2) is 0 Å².